The third kappa shape index (κ3) is 8.17. The standard InChI is InChI=1S/C13H14N2O2.C11H13NO2.C6H12N2/c1-8-3-5-10(6-4-8)7-9(2)11-12(16)15-13(17)14-11;1-12-6-5-8-3-4-9(14-2)7-10(8)11(12)13;1-6(7)8-4-2-3-5-8/h3-7,11H,1-2H3,(H2,14,15,16,17);3-4,7H,5-6H2,1-2H3;7H,2-5H2,1H3/t11-;;/m0../s1. The van der Waals surface area contributed by atoms with Gasteiger partial charge in [0.2, 0.25) is 0 Å². The van der Waals surface area contributed by atoms with Crippen molar-refractivity contribution in [3.8, 4) is 5.75 Å². The lowest BCUT2D eigenvalue weighted by atomic mass is 9.99. The summed E-state index contributed by atoms with van der Waals surface area (Å²) < 4.78 is 5.09. The summed E-state index contributed by atoms with van der Waals surface area (Å²) in [5.41, 5.74) is 4.91. The van der Waals surface area contributed by atoms with Crippen molar-refractivity contribution in [1.29, 1.82) is 5.41 Å². The average Bonchev–Trinajstić information content (AvgIpc) is 3.58. The molecule has 0 saturated carbocycles. The first-order chi connectivity index (χ1) is 18.6. The van der Waals surface area contributed by atoms with E-state index in [0.29, 0.717) is 0 Å². The number of methoxy groups -OCH3 is 1. The molecule has 0 aromatic heterocycles. The van der Waals surface area contributed by atoms with Gasteiger partial charge in [0.15, 0.2) is 0 Å². The Labute approximate surface area is 230 Å². The number of urea groups is 1. The summed E-state index contributed by atoms with van der Waals surface area (Å²) in [6.45, 7) is 8.72. The molecule has 9 heteroatoms. The fourth-order valence-corrected chi connectivity index (χ4v) is 4.49. The average molecular weight is 534 g/mol. The third-order valence-electron chi connectivity index (χ3n) is 6.89. The summed E-state index contributed by atoms with van der Waals surface area (Å²) in [6, 6.07) is 12.7. The highest BCUT2D eigenvalue weighted by atomic mass is 16.5. The van der Waals surface area contributed by atoms with Crippen LogP contribution in [0.2, 0.25) is 0 Å². The molecule has 9 nitrogen and oxygen atoms in total. The fourth-order valence-electron chi connectivity index (χ4n) is 4.49. The molecule has 5 rings (SSSR count). The van der Waals surface area contributed by atoms with Crippen LogP contribution in [0.25, 0.3) is 6.08 Å². The number of imide groups is 1. The molecule has 3 aliphatic heterocycles. The van der Waals surface area contributed by atoms with E-state index in [0.717, 1.165) is 59.9 Å². The summed E-state index contributed by atoms with van der Waals surface area (Å²) in [6.07, 6.45) is 5.38. The lowest BCUT2D eigenvalue weighted by Gasteiger charge is -2.24. The SMILES string of the molecule is CC(=Cc1ccc(C)cc1)[C@@H]1NC(=O)NC1=O.CC(=N)N1CCCC1.COc1ccc2c(c1)C(=O)N(C)CC2. The Morgan fingerprint density at radius 1 is 1.03 bits per heavy atom. The van der Waals surface area contributed by atoms with Crippen molar-refractivity contribution in [2.45, 2.75) is 46.1 Å². The maximum Gasteiger partial charge on any atom is 0.322 e. The molecule has 39 heavy (non-hydrogen) atoms. The molecule has 2 aromatic carbocycles. The van der Waals surface area contributed by atoms with E-state index in [2.05, 4.69) is 15.5 Å². The van der Waals surface area contributed by atoms with E-state index in [1.54, 1.807) is 12.0 Å². The smallest absolute Gasteiger partial charge is 0.322 e. The number of fused-ring (bicyclic) bond motifs is 1. The van der Waals surface area contributed by atoms with Crippen molar-refractivity contribution in [3.63, 3.8) is 0 Å². The quantitative estimate of drug-likeness (QED) is 0.313. The molecule has 0 spiro atoms. The van der Waals surface area contributed by atoms with Crippen LogP contribution in [-0.4, -0.2) is 73.3 Å². The molecule has 0 bridgehead atoms. The Balaban J connectivity index is 0.000000172. The number of amides is 4. The molecule has 0 radical (unpaired) electrons. The van der Waals surface area contributed by atoms with Gasteiger partial charge in [-0.15, -0.1) is 0 Å². The minimum Gasteiger partial charge on any atom is -0.497 e. The molecule has 0 aliphatic carbocycles. The van der Waals surface area contributed by atoms with Crippen LogP contribution >= 0.6 is 0 Å². The first-order valence-corrected chi connectivity index (χ1v) is 13.2. The van der Waals surface area contributed by atoms with Gasteiger partial charge in [0.05, 0.1) is 12.9 Å². The van der Waals surface area contributed by atoms with Gasteiger partial charge in [-0.1, -0.05) is 42.0 Å². The number of aryl methyl sites for hydroxylation is 1. The second-order valence-electron chi connectivity index (χ2n) is 9.97. The minimum atomic E-state index is -0.552. The van der Waals surface area contributed by atoms with E-state index in [1.807, 2.05) is 76.4 Å². The summed E-state index contributed by atoms with van der Waals surface area (Å²) in [5, 5.41) is 12.0. The Morgan fingerprint density at radius 2 is 1.69 bits per heavy atom. The monoisotopic (exact) mass is 533 g/mol. The van der Waals surface area contributed by atoms with Crippen molar-refractivity contribution in [3.05, 3.63) is 70.3 Å². The number of ether oxygens (including phenoxy) is 1. The summed E-state index contributed by atoms with van der Waals surface area (Å²) in [7, 11) is 3.43. The van der Waals surface area contributed by atoms with Crippen LogP contribution in [-0.2, 0) is 11.2 Å². The Kier molecular flexibility index (Phi) is 10.3. The zero-order valence-corrected chi connectivity index (χ0v) is 23.5. The summed E-state index contributed by atoms with van der Waals surface area (Å²) in [4.78, 5) is 38.0. The highest BCUT2D eigenvalue weighted by Crippen LogP contribution is 2.22. The molecule has 3 N–H and O–H groups in total. The number of nitrogens with one attached hydrogen (secondary N) is 3. The Morgan fingerprint density at radius 3 is 2.23 bits per heavy atom. The van der Waals surface area contributed by atoms with E-state index < -0.39 is 12.1 Å². The molecule has 4 amide bonds. The van der Waals surface area contributed by atoms with Gasteiger partial charge < -0.3 is 19.9 Å². The zero-order valence-electron chi connectivity index (χ0n) is 23.5. The van der Waals surface area contributed by atoms with Crippen molar-refractivity contribution >= 4 is 29.8 Å². The number of carbonyl (C=O) groups excluding carboxylic acids is 3. The first-order valence-electron chi connectivity index (χ1n) is 13.2. The normalized spacial score (nSPS) is 18.2. The van der Waals surface area contributed by atoms with Gasteiger partial charge in [0.25, 0.3) is 11.8 Å². The number of carbonyl (C=O) groups is 3. The van der Waals surface area contributed by atoms with Crippen LogP contribution in [0.5, 0.6) is 5.75 Å². The summed E-state index contributed by atoms with van der Waals surface area (Å²) in [5.74, 6) is 1.26. The maximum absolute atomic E-state index is 11.8. The predicted molar refractivity (Wildman–Crippen MR) is 153 cm³/mol. The molecule has 3 heterocycles. The molecular weight excluding hydrogens is 494 g/mol. The van der Waals surface area contributed by atoms with Crippen molar-refractivity contribution in [2.24, 2.45) is 0 Å². The summed E-state index contributed by atoms with van der Waals surface area (Å²) >= 11 is 0. The predicted octanol–water partition coefficient (Wildman–Crippen LogP) is 4.01. The lowest BCUT2D eigenvalue weighted by Crippen LogP contribution is -2.34. The topological polar surface area (TPSA) is 115 Å². The molecule has 2 saturated heterocycles. The van der Waals surface area contributed by atoms with Crippen LogP contribution in [0.15, 0.2) is 48.0 Å². The zero-order chi connectivity index (χ0) is 28.5. The number of amidine groups is 1. The van der Waals surface area contributed by atoms with Crippen LogP contribution in [0, 0.1) is 12.3 Å². The van der Waals surface area contributed by atoms with Gasteiger partial charge in [0.1, 0.15) is 11.8 Å². The largest absolute Gasteiger partial charge is 0.497 e. The van der Waals surface area contributed by atoms with Gasteiger partial charge >= 0.3 is 6.03 Å². The molecule has 1 atom stereocenters. The second kappa shape index (κ2) is 13.6. The molecule has 3 aliphatic rings. The van der Waals surface area contributed by atoms with Crippen molar-refractivity contribution < 1.29 is 19.1 Å². The number of likely N-dealkylation sites (N-methyl/N-ethyl adjacent to an activating group) is 1. The van der Waals surface area contributed by atoms with Crippen LogP contribution in [0.3, 0.4) is 0 Å². The molecule has 0 unspecified atom stereocenters. The number of likely N-dealkylation sites (tertiary alicyclic amines) is 1. The molecule has 2 fully saturated rings. The maximum atomic E-state index is 11.8. The number of benzene rings is 2. The lowest BCUT2D eigenvalue weighted by molar-refractivity contribution is -0.119. The fraction of sp³-hybridized carbons (Fsp3) is 0.400. The van der Waals surface area contributed by atoms with E-state index in [-0.39, 0.29) is 11.8 Å². The minimum absolute atomic E-state index is 0.0881. The van der Waals surface area contributed by atoms with Crippen molar-refractivity contribution in [2.75, 3.05) is 33.8 Å². The van der Waals surface area contributed by atoms with Crippen LogP contribution in [0.4, 0.5) is 4.79 Å². The van der Waals surface area contributed by atoms with Gasteiger partial charge in [0, 0.05) is 32.2 Å². The van der Waals surface area contributed by atoms with E-state index in [9.17, 15) is 14.4 Å². The molecule has 2 aromatic rings. The third-order valence-corrected chi connectivity index (χ3v) is 6.89. The Hall–Kier alpha value is -4.14. The van der Waals surface area contributed by atoms with Gasteiger partial charge in [-0.3, -0.25) is 20.3 Å². The van der Waals surface area contributed by atoms with Gasteiger partial charge in [-0.05, 0) is 68.9 Å². The first kappa shape index (κ1) is 29.4. The molecular formula is C30H39N5O4. The second-order valence-corrected chi connectivity index (χ2v) is 9.97. The molecule has 208 valence electrons. The van der Waals surface area contributed by atoms with Gasteiger partial charge in [-0.2, -0.15) is 0 Å². The van der Waals surface area contributed by atoms with Crippen LogP contribution < -0.4 is 15.4 Å². The van der Waals surface area contributed by atoms with E-state index >= 15 is 0 Å². The number of nitrogens with zero attached hydrogens (tertiary/aromatic N) is 2. The highest BCUT2D eigenvalue weighted by Gasteiger charge is 2.30. The van der Waals surface area contributed by atoms with Crippen LogP contribution in [0.1, 0.15) is 53.7 Å². The Bertz CT molecular complexity index is 1230. The highest BCUT2D eigenvalue weighted by molar-refractivity contribution is 6.06. The van der Waals surface area contributed by atoms with E-state index in [1.165, 1.54) is 18.4 Å². The van der Waals surface area contributed by atoms with Gasteiger partial charge in [-0.25, -0.2) is 4.79 Å². The number of hydrogen-bond acceptors (Lipinski definition) is 5. The van der Waals surface area contributed by atoms with Crippen molar-refractivity contribution in [1.82, 2.24) is 20.4 Å². The number of hydrogen-bond donors (Lipinski definition) is 3. The number of rotatable bonds is 3. The van der Waals surface area contributed by atoms with E-state index in [4.69, 9.17) is 10.1 Å².